The van der Waals surface area contributed by atoms with E-state index in [4.69, 9.17) is 4.74 Å². The number of hydrogen-bond acceptors (Lipinski definition) is 4. The first-order valence-electron chi connectivity index (χ1n) is 7.15. The summed E-state index contributed by atoms with van der Waals surface area (Å²) in [7, 11) is 1.65. The largest absolute Gasteiger partial charge is 0.497 e. The van der Waals surface area contributed by atoms with Crippen LogP contribution in [0.4, 0.5) is 4.39 Å². The number of halogens is 1. The van der Waals surface area contributed by atoms with E-state index in [0.29, 0.717) is 16.5 Å². The Kier molecular flexibility index (Phi) is 4.62. The molecule has 2 aromatic carbocycles. The zero-order valence-electron chi connectivity index (χ0n) is 12.8. The second-order valence-electron chi connectivity index (χ2n) is 4.98. The van der Waals surface area contributed by atoms with Gasteiger partial charge in [-0.05, 0) is 36.8 Å². The smallest absolute Gasteiger partial charge is 0.209 e. The molecule has 1 atom stereocenters. The number of aromatic nitrogens is 3. The quantitative estimate of drug-likeness (QED) is 0.702. The summed E-state index contributed by atoms with van der Waals surface area (Å²) in [5.41, 5.74) is 1.53. The first-order valence-corrected chi connectivity index (χ1v) is 8.03. The van der Waals surface area contributed by atoms with E-state index in [1.807, 2.05) is 24.3 Å². The van der Waals surface area contributed by atoms with Crippen LogP contribution in [-0.2, 0) is 0 Å². The maximum atomic E-state index is 13.8. The molecule has 0 aliphatic carbocycles. The first kappa shape index (κ1) is 15.6. The molecule has 0 saturated carbocycles. The Balaban J connectivity index is 1.77. The lowest BCUT2D eigenvalue weighted by Gasteiger charge is -2.10. The number of aromatic amines is 1. The van der Waals surface area contributed by atoms with E-state index in [9.17, 15) is 4.39 Å². The van der Waals surface area contributed by atoms with E-state index in [-0.39, 0.29) is 11.1 Å². The first-order chi connectivity index (χ1) is 11.2. The summed E-state index contributed by atoms with van der Waals surface area (Å²) < 4.78 is 19.0. The van der Waals surface area contributed by atoms with E-state index in [1.165, 1.54) is 17.8 Å². The van der Waals surface area contributed by atoms with E-state index >= 15 is 0 Å². The maximum Gasteiger partial charge on any atom is 0.209 e. The van der Waals surface area contributed by atoms with Gasteiger partial charge in [0.25, 0.3) is 0 Å². The Morgan fingerprint density at radius 2 is 2.00 bits per heavy atom. The number of H-pyrrole nitrogens is 1. The van der Waals surface area contributed by atoms with Gasteiger partial charge in [0, 0.05) is 5.25 Å². The Morgan fingerprint density at radius 1 is 1.17 bits per heavy atom. The molecular formula is C17H16FN3OS. The summed E-state index contributed by atoms with van der Waals surface area (Å²) in [5, 5.41) is 7.70. The van der Waals surface area contributed by atoms with E-state index in [2.05, 4.69) is 22.1 Å². The number of nitrogens with zero attached hydrogens (tertiary/aromatic N) is 2. The van der Waals surface area contributed by atoms with Gasteiger partial charge in [-0.15, -0.1) is 5.10 Å². The highest BCUT2D eigenvalue weighted by molar-refractivity contribution is 7.99. The number of hydrogen-bond donors (Lipinski definition) is 1. The minimum Gasteiger partial charge on any atom is -0.497 e. The minimum atomic E-state index is -0.318. The second-order valence-corrected chi connectivity index (χ2v) is 6.29. The molecule has 0 saturated heterocycles. The van der Waals surface area contributed by atoms with Gasteiger partial charge in [0.05, 0.1) is 12.7 Å². The maximum absolute atomic E-state index is 13.8. The lowest BCUT2D eigenvalue weighted by atomic mass is 10.1. The highest BCUT2D eigenvalue weighted by Gasteiger charge is 2.14. The van der Waals surface area contributed by atoms with Crippen LogP contribution < -0.4 is 4.74 Å². The molecule has 1 heterocycles. The summed E-state index contributed by atoms with van der Waals surface area (Å²) >= 11 is 1.51. The van der Waals surface area contributed by atoms with Crippen molar-refractivity contribution in [1.82, 2.24) is 15.2 Å². The normalized spacial score (nSPS) is 12.1. The zero-order chi connectivity index (χ0) is 16.2. The summed E-state index contributed by atoms with van der Waals surface area (Å²) in [5.74, 6) is 0.932. The molecule has 0 aliphatic rings. The fraction of sp³-hybridized carbons (Fsp3) is 0.176. The van der Waals surface area contributed by atoms with Crippen molar-refractivity contribution in [2.24, 2.45) is 0 Å². The van der Waals surface area contributed by atoms with Crippen molar-refractivity contribution in [3.63, 3.8) is 0 Å². The summed E-state index contributed by atoms with van der Waals surface area (Å²) in [6.07, 6.45) is 0. The Bertz CT molecular complexity index is 806. The van der Waals surface area contributed by atoms with Crippen LogP contribution in [0.5, 0.6) is 5.75 Å². The van der Waals surface area contributed by atoms with Gasteiger partial charge in [-0.2, -0.15) is 0 Å². The van der Waals surface area contributed by atoms with Crippen molar-refractivity contribution in [3.05, 3.63) is 59.9 Å². The minimum absolute atomic E-state index is 0.148. The van der Waals surface area contributed by atoms with Crippen molar-refractivity contribution in [2.45, 2.75) is 17.3 Å². The molecule has 0 spiro atoms. The molecule has 4 nitrogen and oxygen atoms in total. The van der Waals surface area contributed by atoms with Crippen LogP contribution in [0.3, 0.4) is 0 Å². The highest BCUT2D eigenvalue weighted by Crippen LogP contribution is 2.34. The monoisotopic (exact) mass is 329 g/mol. The molecule has 23 heavy (non-hydrogen) atoms. The van der Waals surface area contributed by atoms with Gasteiger partial charge in [-0.3, -0.25) is 5.10 Å². The van der Waals surface area contributed by atoms with Gasteiger partial charge in [-0.1, -0.05) is 36.0 Å². The average Bonchev–Trinajstić information content (AvgIpc) is 3.03. The lowest BCUT2D eigenvalue weighted by molar-refractivity contribution is 0.414. The second kappa shape index (κ2) is 6.83. The van der Waals surface area contributed by atoms with Crippen LogP contribution >= 0.6 is 11.8 Å². The van der Waals surface area contributed by atoms with E-state index in [0.717, 1.165) is 11.3 Å². The standard InChI is InChI=1S/C17H16FN3OS/c1-11(12-6-5-7-13(10-12)22-2)23-17-19-16(20-21-17)14-8-3-4-9-15(14)18/h3-11H,1-2H3,(H,19,20,21). The molecule has 6 heteroatoms. The third-order valence-corrected chi connectivity index (χ3v) is 4.46. The van der Waals surface area contributed by atoms with Gasteiger partial charge in [0.2, 0.25) is 5.16 Å². The summed E-state index contributed by atoms with van der Waals surface area (Å²) in [6.45, 7) is 2.07. The van der Waals surface area contributed by atoms with Gasteiger partial charge < -0.3 is 4.74 Å². The van der Waals surface area contributed by atoms with Crippen molar-refractivity contribution in [2.75, 3.05) is 7.11 Å². The third-order valence-electron chi connectivity index (χ3n) is 3.44. The van der Waals surface area contributed by atoms with Crippen molar-refractivity contribution < 1.29 is 9.13 Å². The van der Waals surface area contributed by atoms with Crippen molar-refractivity contribution in [3.8, 4) is 17.1 Å². The fourth-order valence-corrected chi connectivity index (χ4v) is 3.03. The van der Waals surface area contributed by atoms with Gasteiger partial charge in [0.15, 0.2) is 5.82 Å². The Labute approximate surface area is 138 Å². The number of thioether (sulfide) groups is 1. The molecule has 0 radical (unpaired) electrons. The fourth-order valence-electron chi connectivity index (χ4n) is 2.19. The Morgan fingerprint density at radius 3 is 2.78 bits per heavy atom. The molecule has 0 aliphatic heterocycles. The summed E-state index contributed by atoms with van der Waals surface area (Å²) in [6, 6.07) is 14.4. The van der Waals surface area contributed by atoms with E-state index < -0.39 is 0 Å². The van der Waals surface area contributed by atoms with Crippen molar-refractivity contribution >= 4 is 11.8 Å². The predicted octanol–water partition coefficient (Wildman–Crippen LogP) is 4.47. The molecule has 3 aromatic rings. The van der Waals surface area contributed by atoms with Gasteiger partial charge in [0.1, 0.15) is 11.6 Å². The molecule has 0 amide bonds. The van der Waals surface area contributed by atoms with Crippen molar-refractivity contribution in [1.29, 1.82) is 0 Å². The van der Waals surface area contributed by atoms with Gasteiger partial charge >= 0.3 is 0 Å². The van der Waals surface area contributed by atoms with Crippen LogP contribution in [0, 0.1) is 5.82 Å². The summed E-state index contributed by atoms with van der Waals surface area (Å²) in [4.78, 5) is 4.37. The van der Waals surface area contributed by atoms with Crippen LogP contribution in [0.1, 0.15) is 17.7 Å². The van der Waals surface area contributed by atoms with E-state index in [1.54, 1.807) is 25.3 Å². The van der Waals surface area contributed by atoms with Crippen LogP contribution in [0.25, 0.3) is 11.4 Å². The molecule has 118 valence electrons. The number of rotatable bonds is 5. The topological polar surface area (TPSA) is 50.8 Å². The lowest BCUT2D eigenvalue weighted by Crippen LogP contribution is -1.91. The van der Waals surface area contributed by atoms with Crippen LogP contribution in [0.2, 0.25) is 0 Å². The number of nitrogens with one attached hydrogen (secondary N) is 1. The van der Waals surface area contributed by atoms with Gasteiger partial charge in [-0.25, -0.2) is 9.37 Å². The molecule has 0 bridgehead atoms. The SMILES string of the molecule is COc1cccc(C(C)Sc2n[nH]c(-c3ccccc3F)n2)c1. The number of methoxy groups -OCH3 is 1. The highest BCUT2D eigenvalue weighted by atomic mass is 32.2. The van der Waals surface area contributed by atoms with Crippen LogP contribution in [0.15, 0.2) is 53.7 Å². The van der Waals surface area contributed by atoms with Crippen LogP contribution in [-0.4, -0.2) is 22.3 Å². The average molecular weight is 329 g/mol. The third kappa shape index (κ3) is 3.53. The molecule has 1 aromatic heterocycles. The number of benzene rings is 2. The molecular weight excluding hydrogens is 313 g/mol. The zero-order valence-corrected chi connectivity index (χ0v) is 13.6. The molecule has 0 fully saturated rings. The Hall–Kier alpha value is -2.34. The molecule has 1 unspecified atom stereocenters. The molecule has 3 rings (SSSR count). The predicted molar refractivity (Wildman–Crippen MR) is 89.0 cm³/mol. The number of ether oxygens (including phenoxy) is 1. The molecule has 1 N–H and O–H groups in total.